The highest BCUT2D eigenvalue weighted by Crippen LogP contribution is 2.09. The Morgan fingerprint density at radius 2 is 1.95 bits per heavy atom. The minimum Gasteiger partial charge on any atom is -0.479 e. The average Bonchev–Trinajstić information content (AvgIpc) is 2.52. The van der Waals surface area contributed by atoms with Gasteiger partial charge in [-0.3, -0.25) is 4.98 Å². The molecule has 22 heavy (non-hydrogen) atoms. The van der Waals surface area contributed by atoms with Crippen LogP contribution in [0.5, 0.6) is 5.75 Å². The van der Waals surface area contributed by atoms with E-state index in [0.29, 0.717) is 5.75 Å². The molecule has 1 N–H and O–H groups in total. The molecule has 5 nitrogen and oxygen atoms in total. The lowest BCUT2D eigenvalue weighted by molar-refractivity contribution is 0.368. The van der Waals surface area contributed by atoms with Gasteiger partial charge in [-0.2, -0.15) is 4.72 Å². The highest BCUT2D eigenvalue weighted by Gasteiger charge is 2.11. The second kappa shape index (κ2) is 7.59. The van der Waals surface area contributed by atoms with E-state index in [-0.39, 0.29) is 18.0 Å². The molecular weight excluding hydrogens is 300 g/mol. The third kappa shape index (κ3) is 4.88. The fraction of sp³-hybridized carbons (Fsp3) is 0.188. The van der Waals surface area contributed by atoms with Crippen LogP contribution < -0.4 is 9.46 Å². The molecule has 0 unspecified atom stereocenters. The molecular formula is C16H16N2O3S. The summed E-state index contributed by atoms with van der Waals surface area (Å²) in [6.07, 6.45) is 3.24. The normalized spacial score (nSPS) is 10.6. The molecule has 0 aliphatic rings. The molecule has 2 rings (SSSR count). The van der Waals surface area contributed by atoms with Crippen molar-refractivity contribution < 1.29 is 13.2 Å². The van der Waals surface area contributed by atoms with Crippen LogP contribution in [-0.2, 0) is 10.0 Å². The largest absolute Gasteiger partial charge is 0.479 e. The Balaban J connectivity index is 1.81. The number of nitrogens with zero attached hydrogens (tertiary/aromatic N) is 1. The second-order valence-electron chi connectivity index (χ2n) is 4.47. The summed E-state index contributed by atoms with van der Waals surface area (Å²) in [6.45, 7) is 2.11. The lowest BCUT2D eigenvalue weighted by Gasteiger charge is -2.04. The van der Waals surface area contributed by atoms with Crippen LogP contribution in [0.25, 0.3) is 0 Å². The summed E-state index contributed by atoms with van der Waals surface area (Å²) < 4.78 is 31.7. The van der Waals surface area contributed by atoms with Crippen LogP contribution in [0.3, 0.4) is 0 Å². The van der Waals surface area contributed by atoms with Crippen molar-refractivity contribution >= 4 is 10.0 Å². The Morgan fingerprint density at radius 1 is 1.18 bits per heavy atom. The molecule has 1 heterocycles. The van der Waals surface area contributed by atoms with E-state index in [1.807, 2.05) is 6.92 Å². The van der Waals surface area contributed by atoms with E-state index in [4.69, 9.17) is 4.74 Å². The molecule has 0 bridgehead atoms. The van der Waals surface area contributed by atoms with Crippen LogP contribution in [-0.4, -0.2) is 26.6 Å². The monoisotopic (exact) mass is 316 g/mol. The van der Waals surface area contributed by atoms with Gasteiger partial charge < -0.3 is 4.74 Å². The zero-order valence-electron chi connectivity index (χ0n) is 12.1. The zero-order valence-corrected chi connectivity index (χ0v) is 12.9. The molecule has 1 aromatic heterocycles. The first-order valence-corrected chi connectivity index (χ1v) is 8.11. The first kappa shape index (κ1) is 16.0. The van der Waals surface area contributed by atoms with Crippen molar-refractivity contribution in [2.24, 2.45) is 0 Å². The summed E-state index contributed by atoms with van der Waals surface area (Å²) in [5, 5.41) is 0. The number of benzene rings is 1. The standard InChI is InChI=1S/C16H16N2O3S/c1-14-6-8-16(9-7-14)22(19,20)18-11-2-3-12-21-15-5-4-10-17-13-15/h4-10,13,18H,11-12H2,1H3. The number of hydrogen-bond donors (Lipinski definition) is 1. The van der Waals surface area contributed by atoms with Gasteiger partial charge in [-0.25, -0.2) is 8.42 Å². The van der Waals surface area contributed by atoms with Gasteiger partial charge in [-0.1, -0.05) is 29.5 Å². The van der Waals surface area contributed by atoms with Crippen molar-refractivity contribution in [2.75, 3.05) is 13.2 Å². The van der Waals surface area contributed by atoms with Gasteiger partial charge in [0.25, 0.3) is 0 Å². The molecule has 0 atom stereocenters. The summed E-state index contributed by atoms with van der Waals surface area (Å²) in [6, 6.07) is 10.2. The van der Waals surface area contributed by atoms with E-state index in [1.54, 1.807) is 48.8 Å². The smallest absolute Gasteiger partial charge is 0.241 e. The maximum absolute atomic E-state index is 12.0. The lowest BCUT2D eigenvalue weighted by atomic mass is 10.2. The van der Waals surface area contributed by atoms with Crippen LogP contribution in [0.1, 0.15) is 5.56 Å². The molecule has 114 valence electrons. The highest BCUT2D eigenvalue weighted by molar-refractivity contribution is 7.89. The van der Waals surface area contributed by atoms with Crippen molar-refractivity contribution in [3.8, 4) is 17.6 Å². The van der Waals surface area contributed by atoms with Gasteiger partial charge in [0.15, 0.2) is 0 Å². The number of ether oxygens (including phenoxy) is 1. The van der Waals surface area contributed by atoms with Crippen molar-refractivity contribution in [3.05, 3.63) is 54.4 Å². The van der Waals surface area contributed by atoms with Crippen LogP contribution in [0.2, 0.25) is 0 Å². The van der Waals surface area contributed by atoms with Crippen LogP contribution >= 0.6 is 0 Å². The van der Waals surface area contributed by atoms with Gasteiger partial charge in [-0.05, 0) is 31.2 Å². The molecule has 0 saturated heterocycles. The summed E-state index contributed by atoms with van der Waals surface area (Å²) in [5.41, 5.74) is 1.01. The molecule has 0 radical (unpaired) electrons. The fourth-order valence-electron chi connectivity index (χ4n) is 1.60. The Labute approximate surface area is 130 Å². The maximum Gasteiger partial charge on any atom is 0.241 e. The van der Waals surface area contributed by atoms with E-state index >= 15 is 0 Å². The van der Waals surface area contributed by atoms with E-state index in [2.05, 4.69) is 21.5 Å². The maximum atomic E-state index is 12.0. The number of aromatic nitrogens is 1. The van der Waals surface area contributed by atoms with E-state index in [1.165, 1.54) is 0 Å². The Hall–Kier alpha value is -2.36. The first-order valence-electron chi connectivity index (χ1n) is 6.63. The minimum absolute atomic E-state index is 0.0343. The molecule has 6 heteroatoms. The summed E-state index contributed by atoms with van der Waals surface area (Å²) in [7, 11) is -3.52. The van der Waals surface area contributed by atoms with Crippen LogP contribution in [0, 0.1) is 18.8 Å². The van der Waals surface area contributed by atoms with Gasteiger partial charge >= 0.3 is 0 Å². The Bertz CT molecular complexity index is 761. The third-order valence-corrected chi connectivity index (χ3v) is 4.17. The van der Waals surface area contributed by atoms with Crippen LogP contribution in [0.15, 0.2) is 53.7 Å². The van der Waals surface area contributed by atoms with Crippen molar-refractivity contribution in [2.45, 2.75) is 11.8 Å². The quantitative estimate of drug-likeness (QED) is 0.853. The molecule has 0 saturated carbocycles. The van der Waals surface area contributed by atoms with Crippen molar-refractivity contribution in [3.63, 3.8) is 0 Å². The van der Waals surface area contributed by atoms with Gasteiger partial charge in [0.2, 0.25) is 10.0 Å². The lowest BCUT2D eigenvalue weighted by Crippen LogP contribution is -2.24. The number of pyridine rings is 1. The molecule has 0 fully saturated rings. The van der Waals surface area contributed by atoms with Gasteiger partial charge in [0.1, 0.15) is 12.4 Å². The second-order valence-corrected chi connectivity index (χ2v) is 6.24. The Kier molecular flexibility index (Phi) is 5.53. The van der Waals surface area contributed by atoms with Gasteiger partial charge in [0, 0.05) is 6.20 Å². The van der Waals surface area contributed by atoms with Crippen molar-refractivity contribution in [1.29, 1.82) is 0 Å². The minimum atomic E-state index is -3.52. The SMILES string of the molecule is Cc1ccc(S(=O)(=O)NCC#CCOc2cccnc2)cc1. The van der Waals surface area contributed by atoms with E-state index < -0.39 is 10.0 Å². The summed E-state index contributed by atoms with van der Waals surface area (Å²) in [4.78, 5) is 4.14. The first-order chi connectivity index (χ1) is 10.6. The zero-order chi connectivity index (χ0) is 15.8. The number of aryl methyl sites for hydroxylation is 1. The molecule has 0 amide bonds. The van der Waals surface area contributed by atoms with Crippen molar-refractivity contribution in [1.82, 2.24) is 9.71 Å². The van der Waals surface area contributed by atoms with E-state index in [0.717, 1.165) is 5.56 Å². The average molecular weight is 316 g/mol. The van der Waals surface area contributed by atoms with E-state index in [9.17, 15) is 8.42 Å². The number of sulfonamides is 1. The summed E-state index contributed by atoms with van der Waals surface area (Å²) >= 11 is 0. The Morgan fingerprint density at radius 3 is 2.64 bits per heavy atom. The third-order valence-electron chi connectivity index (χ3n) is 2.75. The predicted molar refractivity (Wildman–Crippen MR) is 83.9 cm³/mol. The molecule has 0 spiro atoms. The molecule has 1 aromatic carbocycles. The number of nitrogens with one attached hydrogen (secondary N) is 1. The molecule has 2 aromatic rings. The highest BCUT2D eigenvalue weighted by atomic mass is 32.2. The van der Waals surface area contributed by atoms with Gasteiger partial charge in [0.05, 0.1) is 17.6 Å². The molecule has 0 aliphatic carbocycles. The number of hydrogen-bond acceptors (Lipinski definition) is 4. The number of rotatable bonds is 5. The fourth-order valence-corrected chi connectivity index (χ4v) is 2.52. The topological polar surface area (TPSA) is 68.3 Å². The summed E-state index contributed by atoms with van der Waals surface area (Å²) in [5.74, 6) is 6.07. The molecule has 0 aliphatic heterocycles. The van der Waals surface area contributed by atoms with Crippen LogP contribution in [0.4, 0.5) is 0 Å². The predicted octanol–water partition coefficient (Wildman–Crippen LogP) is 1.75. The van der Waals surface area contributed by atoms with Gasteiger partial charge in [-0.15, -0.1) is 0 Å².